The van der Waals surface area contributed by atoms with E-state index in [0.717, 1.165) is 16.7 Å². The van der Waals surface area contributed by atoms with Crippen LogP contribution in [0.25, 0.3) is 0 Å². The monoisotopic (exact) mass is 334 g/mol. The zero-order valence-corrected chi connectivity index (χ0v) is 12.7. The van der Waals surface area contributed by atoms with Crippen molar-refractivity contribution in [1.29, 1.82) is 0 Å². The fraction of sp³-hybridized carbons (Fsp3) is 0.333. The summed E-state index contributed by atoms with van der Waals surface area (Å²) in [6.45, 7) is 2.58. The molecule has 0 spiro atoms. The van der Waals surface area contributed by atoms with Gasteiger partial charge in [-0.1, -0.05) is 0 Å². The summed E-state index contributed by atoms with van der Waals surface area (Å²) in [4.78, 5) is 18.6. The van der Waals surface area contributed by atoms with Crippen LogP contribution in [0, 0.1) is 5.92 Å². The maximum absolute atomic E-state index is 12.6. The van der Waals surface area contributed by atoms with E-state index in [1.165, 1.54) is 0 Å². The molecule has 104 valence electrons. The van der Waals surface area contributed by atoms with E-state index in [4.69, 9.17) is 4.42 Å². The predicted octanol–water partition coefficient (Wildman–Crippen LogP) is 3.59. The Bertz CT molecular complexity index is 595. The molecule has 1 saturated carbocycles. The van der Waals surface area contributed by atoms with Crippen molar-refractivity contribution in [2.24, 2.45) is 5.92 Å². The Kier molecular flexibility index (Phi) is 3.61. The largest absolute Gasteiger partial charge is 0.469 e. The molecule has 2 heterocycles. The van der Waals surface area contributed by atoms with Crippen LogP contribution >= 0.6 is 15.9 Å². The third kappa shape index (κ3) is 2.50. The third-order valence-corrected chi connectivity index (χ3v) is 4.06. The van der Waals surface area contributed by atoms with Gasteiger partial charge in [-0.05, 0) is 53.5 Å². The smallest absolute Gasteiger partial charge is 0.232 e. The Hall–Kier alpha value is -1.62. The number of nitrogens with zero attached hydrogens (tertiary/aromatic N) is 2. The summed E-state index contributed by atoms with van der Waals surface area (Å²) in [5.74, 6) is 1.98. The Labute approximate surface area is 125 Å². The number of carbonyl (C=O) groups excluding carboxylic acids is 1. The molecule has 1 aliphatic rings. The second-order valence-corrected chi connectivity index (χ2v) is 5.80. The van der Waals surface area contributed by atoms with Crippen LogP contribution in [0.2, 0.25) is 0 Å². The van der Waals surface area contributed by atoms with Gasteiger partial charge in [0.2, 0.25) is 5.91 Å². The molecule has 0 aliphatic heterocycles. The molecule has 20 heavy (non-hydrogen) atoms. The topological polar surface area (TPSA) is 46.3 Å². The molecule has 4 nitrogen and oxygen atoms in total. The van der Waals surface area contributed by atoms with Gasteiger partial charge in [0, 0.05) is 29.1 Å². The van der Waals surface area contributed by atoms with Crippen LogP contribution in [0.3, 0.4) is 0 Å². The van der Waals surface area contributed by atoms with Gasteiger partial charge in [0.15, 0.2) is 0 Å². The van der Waals surface area contributed by atoms with E-state index in [2.05, 4.69) is 20.9 Å². The van der Waals surface area contributed by atoms with Gasteiger partial charge in [-0.15, -0.1) is 0 Å². The molecule has 2 aromatic rings. The molecule has 0 bridgehead atoms. The minimum atomic E-state index is 0.0200. The van der Waals surface area contributed by atoms with E-state index in [1.807, 2.05) is 31.2 Å². The molecule has 1 fully saturated rings. The predicted molar refractivity (Wildman–Crippen MR) is 79.5 cm³/mol. The fourth-order valence-corrected chi connectivity index (χ4v) is 2.68. The number of anilines is 1. The Morgan fingerprint density at radius 2 is 2.35 bits per heavy atom. The lowest BCUT2D eigenvalue weighted by Crippen LogP contribution is -2.33. The molecule has 2 aromatic heterocycles. The summed E-state index contributed by atoms with van der Waals surface area (Å²) < 4.78 is 6.29. The first-order chi connectivity index (χ1) is 9.70. The van der Waals surface area contributed by atoms with Crippen molar-refractivity contribution in [1.82, 2.24) is 4.98 Å². The van der Waals surface area contributed by atoms with Gasteiger partial charge in [-0.2, -0.15) is 0 Å². The first-order valence-electron chi connectivity index (χ1n) is 6.67. The average molecular weight is 335 g/mol. The van der Waals surface area contributed by atoms with Crippen LogP contribution in [0.1, 0.15) is 25.0 Å². The average Bonchev–Trinajstić information content (AvgIpc) is 3.07. The standard InChI is InChI=1S/C15H15BrN2O2/c1-2-18(14-6-5-10(16)9-17-14)15(19)12-8-11(12)13-4-3-7-20-13/h3-7,9,11-12H,2,8H2,1H3/t11-,12-/m1/s1. The van der Waals surface area contributed by atoms with E-state index < -0.39 is 0 Å². The summed E-state index contributed by atoms with van der Waals surface area (Å²) >= 11 is 3.35. The van der Waals surface area contributed by atoms with Crippen molar-refractivity contribution in [3.63, 3.8) is 0 Å². The molecular weight excluding hydrogens is 320 g/mol. The molecule has 2 atom stereocenters. The SMILES string of the molecule is CCN(C(=O)[C@@H]1C[C@H]1c1ccco1)c1ccc(Br)cn1. The highest BCUT2D eigenvalue weighted by molar-refractivity contribution is 9.10. The summed E-state index contributed by atoms with van der Waals surface area (Å²) in [6, 6.07) is 7.56. The number of carbonyl (C=O) groups is 1. The lowest BCUT2D eigenvalue weighted by Gasteiger charge is -2.20. The first-order valence-corrected chi connectivity index (χ1v) is 7.46. The first kappa shape index (κ1) is 13.4. The van der Waals surface area contributed by atoms with Gasteiger partial charge in [0.05, 0.1) is 6.26 Å². The van der Waals surface area contributed by atoms with Crippen LogP contribution in [0.15, 0.2) is 45.6 Å². The lowest BCUT2D eigenvalue weighted by molar-refractivity contribution is -0.119. The van der Waals surface area contributed by atoms with Gasteiger partial charge in [0.25, 0.3) is 0 Å². The number of pyridine rings is 1. The zero-order valence-electron chi connectivity index (χ0n) is 11.1. The molecule has 0 radical (unpaired) electrons. The van der Waals surface area contributed by atoms with E-state index in [9.17, 15) is 4.79 Å². The van der Waals surface area contributed by atoms with Crippen molar-refractivity contribution in [2.75, 3.05) is 11.4 Å². The molecule has 5 heteroatoms. The Balaban J connectivity index is 1.74. The van der Waals surface area contributed by atoms with Crippen LogP contribution < -0.4 is 4.90 Å². The zero-order chi connectivity index (χ0) is 14.1. The molecular formula is C15H15BrN2O2. The van der Waals surface area contributed by atoms with Crippen molar-refractivity contribution < 1.29 is 9.21 Å². The van der Waals surface area contributed by atoms with Crippen LogP contribution in [0.5, 0.6) is 0 Å². The minimum absolute atomic E-state index is 0.0200. The number of rotatable bonds is 4. The maximum Gasteiger partial charge on any atom is 0.232 e. The summed E-state index contributed by atoms with van der Waals surface area (Å²) in [5.41, 5.74) is 0. The van der Waals surface area contributed by atoms with E-state index >= 15 is 0 Å². The molecule has 1 aliphatic carbocycles. The van der Waals surface area contributed by atoms with Crippen LogP contribution in [-0.2, 0) is 4.79 Å². The molecule has 0 aromatic carbocycles. The number of amides is 1. The molecule has 0 N–H and O–H groups in total. The molecule has 3 rings (SSSR count). The Morgan fingerprint density at radius 3 is 2.95 bits per heavy atom. The molecule has 0 unspecified atom stereocenters. The second kappa shape index (κ2) is 5.40. The molecule has 0 saturated heterocycles. The quantitative estimate of drug-likeness (QED) is 0.858. The summed E-state index contributed by atoms with van der Waals surface area (Å²) in [6.07, 6.45) is 4.23. The van der Waals surface area contributed by atoms with E-state index in [1.54, 1.807) is 17.4 Å². The normalized spacial score (nSPS) is 20.7. The maximum atomic E-state index is 12.6. The van der Waals surface area contributed by atoms with Crippen molar-refractivity contribution in [3.05, 3.63) is 47.0 Å². The number of halogens is 1. The van der Waals surface area contributed by atoms with Crippen molar-refractivity contribution >= 4 is 27.7 Å². The lowest BCUT2D eigenvalue weighted by atomic mass is 10.2. The van der Waals surface area contributed by atoms with Gasteiger partial charge in [-0.3, -0.25) is 9.69 Å². The fourth-order valence-electron chi connectivity index (χ4n) is 2.44. The van der Waals surface area contributed by atoms with Gasteiger partial charge < -0.3 is 4.42 Å². The van der Waals surface area contributed by atoms with E-state index in [-0.39, 0.29) is 17.7 Å². The van der Waals surface area contributed by atoms with Crippen LogP contribution in [-0.4, -0.2) is 17.4 Å². The number of hydrogen-bond acceptors (Lipinski definition) is 3. The highest BCUT2D eigenvalue weighted by Crippen LogP contribution is 2.48. The Morgan fingerprint density at radius 1 is 1.50 bits per heavy atom. The minimum Gasteiger partial charge on any atom is -0.469 e. The van der Waals surface area contributed by atoms with Gasteiger partial charge in [-0.25, -0.2) is 4.98 Å². The third-order valence-electron chi connectivity index (χ3n) is 3.59. The van der Waals surface area contributed by atoms with E-state index in [0.29, 0.717) is 12.4 Å². The summed E-state index contributed by atoms with van der Waals surface area (Å²) in [5, 5.41) is 0. The van der Waals surface area contributed by atoms with Gasteiger partial charge in [0.1, 0.15) is 11.6 Å². The number of furan rings is 1. The summed E-state index contributed by atoms with van der Waals surface area (Å²) in [7, 11) is 0. The number of aromatic nitrogens is 1. The second-order valence-electron chi connectivity index (χ2n) is 4.88. The molecule has 1 amide bonds. The highest BCUT2D eigenvalue weighted by Gasteiger charge is 2.47. The van der Waals surface area contributed by atoms with Crippen molar-refractivity contribution in [2.45, 2.75) is 19.3 Å². The van der Waals surface area contributed by atoms with Crippen molar-refractivity contribution in [3.8, 4) is 0 Å². The van der Waals surface area contributed by atoms with Gasteiger partial charge >= 0.3 is 0 Å². The van der Waals surface area contributed by atoms with Crippen LogP contribution in [0.4, 0.5) is 5.82 Å². The highest BCUT2D eigenvalue weighted by atomic mass is 79.9. The number of hydrogen-bond donors (Lipinski definition) is 0.